The van der Waals surface area contributed by atoms with E-state index in [-0.39, 0.29) is 0 Å². The van der Waals surface area contributed by atoms with Gasteiger partial charge < -0.3 is 24.8 Å². The molecule has 0 radical (unpaired) electrons. The van der Waals surface area contributed by atoms with Gasteiger partial charge in [0.1, 0.15) is 5.75 Å². The molecule has 0 aromatic heterocycles. The van der Waals surface area contributed by atoms with Gasteiger partial charge in [0.05, 0.1) is 21.3 Å². The van der Waals surface area contributed by atoms with Crippen molar-refractivity contribution in [2.24, 2.45) is 0 Å². The number of aryl methyl sites for hydroxylation is 2. The van der Waals surface area contributed by atoms with Crippen molar-refractivity contribution in [2.75, 3.05) is 26.6 Å². The Labute approximate surface area is 154 Å². The maximum Gasteiger partial charge on any atom is 0.171 e. The summed E-state index contributed by atoms with van der Waals surface area (Å²) in [5.74, 6) is 1.98. The van der Waals surface area contributed by atoms with Gasteiger partial charge in [-0.05, 0) is 55.4 Å². The van der Waals surface area contributed by atoms with E-state index in [2.05, 4.69) is 36.6 Å². The molecule has 0 saturated heterocycles. The second kappa shape index (κ2) is 8.58. The van der Waals surface area contributed by atoms with Crippen LogP contribution in [0, 0.1) is 13.8 Å². The van der Waals surface area contributed by atoms with Crippen molar-refractivity contribution in [3.05, 3.63) is 47.0 Å². The number of thiocarbonyl (C=S) groups is 1. The highest BCUT2D eigenvalue weighted by Gasteiger charge is 2.12. The molecule has 134 valence electrons. The highest BCUT2D eigenvalue weighted by molar-refractivity contribution is 7.80. The van der Waals surface area contributed by atoms with E-state index in [4.69, 9.17) is 26.4 Å². The van der Waals surface area contributed by atoms with Gasteiger partial charge in [0.2, 0.25) is 0 Å². The number of rotatable bonds is 6. The summed E-state index contributed by atoms with van der Waals surface area (Å²) in [4.78, 5) is 0. The average Bonchev–Trinajstić information content (AvgIpc) is 2.62. The van der Waals surface area contributed by atoms with Gasteiger partial charge in [-0.3, -0.25) is 0 Å². The Hall–Kier alpha value is -2.47. The zero-order valence-electron chi connectivity index (χ0n) is 15.2. The first-order valence-corrected chi connectivity index (χ1v) is 8.30. The number of hydrogen-bond acceptors (Lipinski definition) is 4. The average molecular weight is 360 g/mol. The molecule has 0 aliphatic rings. The predicted octanol–water partition coefficient (Wildman–Crippen LogP) is 3.82. The number of nitrogens with one attached hydrogen (secondary N) is 2. The van der Waals surface area contributed by atoms with Crippen molar-refractivity contribution in [2.45, 2.75) is 20.4 Å². The molecule has 0 aliphatic heterocycles. The fourth-order valence-electron chi connectivity index (χ4n) is 2.40. The second-order valence-corrected chi connectivity index (χ2v) is 6.03. The van der Waals surface area contributed by atoms with Gasteiger partial charge in [-0.2, -0.15) is 0 Å². The van der Waals surface area contributed by atoms with Crippen LogP contribution in [0.3, 0.4) is 0 Å². The molecule has 0 bridgehead atoms. The van der Waals surface area contributed by atoms with E-state index in [9.17, 15) is 0 Å². The van der Waals surface area contributed by atoms with Crippen LogP contribution in [0.1, 0.15) is 16.7 Å². The van der Waals surface area contributed by atoms with E-state index in [1.807, 2.05) is 12.1 Å². The first kappa shape index (κ1) is 18.9. The molecule has 6 heteroatoms. The van der Waals surface area contributed by atoms with Gasteiger partial charge >= 0.3 is 0 Å². The van der Waals surface area contributed by atoms with E-state index in [1.165, 1.54) is 11.1 Å². The Bertz CT molecular complexity index is 763. The summed E-state index contributed by atoms with van der Waals surface area (Å²) in [5, 5.41) is 6.92. The quantitative estimate of drug-likeness (QED) is 0.764. The molecule has 0 heterocycles. The van der Waals surface area contributed by atoms with E-state index in [0.29, 0.717) is 28.9 Å². The van der Waals surface area contributed by atoms with Crippen LogP contribution in [0.2, 0.25) is 0 Å². The van der Waals surface area contributed by atoms with Crippen molar-refractivity contribution in [3.63, 3.8) is 0 Å². The topological polar surface area (TPSA) is 51.8 Å². The van der Waals surface area contributed by atoms with Crippen molar-refractivity contribution >= 4 is 23.0 Å². The molecule has 2 N–H and O–H groups in total. The van der Waals surface area contributed by atoms with Crippen LogP contribution in [-0.4, -0.2) is 26.4 Å². The maximum absolute atomic E-state index is 5.43. The normalized spacial score (nSPS) is 10.1. The minimum Gasteiger partial charge on any atom is -0.496 e. The molecular formula is C19H24N2O3S. The van der Waals surface area contributed by atoms with Crippen molar-refractivity contribution in [1.82, 2.24) is 5.32 Å². The van der Waals surface area contributed by atoms with Crippen molar-refractivity contribution in [3.8, 4) is 17.2 Å². The van der Waals surface area contributed by atoms with Crippen LogP contribution in [0.4, 0.5) is 5.69 Å². The van der Waals surface area contributed by atoms with Gasteiger partial charge in [-0.15, -0.1) is 0 Å². The number of hydrogen-bond donors (Lipinski definition) is 2. The Morgan fingerprint density at radius 1 is 0.880 bits per heavy atom. The van der Waals surface area contributed by atoms with Gasteiger partial charge in [0, 0.05) is 23.9 Å². The van der Waals surface area contributed by atoms with Crippen LogP contribution in [-0.2, 0) is 6.54 Å². The summed E-state index contributed by atoms with van der Waals surface area (Å²) in [5.41, 5.74) is 4.35. The maximum atomic E-state index is 5.43. The monoisotopic (exact) mass is 360 g/mol. The summed E-state index contributed by atoms with van der Waals surface area (Å²) in [6.45, 7) is 4.66. The molecule has 0 saturated carbocycles. The van der Waals surface area contributed by atoms with Crippen LogP contribution < -0.4 is 24.8 Å². The van der Waals surface area contributed by atoms with Crippen LogP contribution >= 0.6 is 12.2 Å². The fraction of sp³-hybridized carbons (Fsp3) is 0.316. The molecule has 0 atom stereocenters. The third-order valence-electron chi connectivity index (χ3n) is 3.99. The highest BCUT2D eigenvalue weighted by atomic mass is 32.1. The lowest BCUT2D eigenvalue weighted by molar-refractivity contribution is 0.347. The summed E-state index contributed by atoms with van der Waals surface area (Å²) in [7, 11) is 4.82. The van der Waals surface area contributed by atoms with Crippen molar-refractivity contribution < 1.29 is 14.2 Å². The zero-order valence-corrected chi connectivity index (χ0v) is 16.0. The van der Waals surface area contributed by atoms with Gasteiger partial charge in [0.15, 0.2) is 16.6 Å². The molecule has 2 aromatic carbocycles. The largest absolute Gasteiger partial charge is 0.496 e. The first-order valence-electron chi connectivity index (χ1n) is 7.89. The lowest BCUT2D eigenvalue weighted by Gasteiger charge is -2.16. The molecule has 2 rings (SSSR count). The van der Waals surface area contributed by atoms with Gasteiger partial charge in [-0.1, -0.05) is 6.07 Å². The van der Waals surface area contributed by atoms with E-state index >= 15 is 0 Å². The Morgan fingerprint density at radius 2 is 1.52 bits per heavy atom. The number of anilines is 1. The third-order valence-corrected chi connectivity index (χ3v) is 4.24. The van der Waals surface area contributed by atoms with Gasteiger partial charge in [0.25, 0.3) is 0 Å². The van der Waals surface area contributed by atoms with Gasteiger partial charge in [-0.25, -0.2) is 0 Å². The SMILES string of the molecule is COc1cc(OC)c(OC)cc1CNC(=S)Nc1ccc(C)c(C)c1. The Kier molecular flexibility index (Phi) is 6.47. The molecule has 0 aliphatic carbocycles. The summed E-state index contributed by atoms with van der Waals surface area (Å²) in [6.07, 6.45) is 0. The molecule has 0 amide bonds. The van der Waals surface area contributed by atoms with Crippen molar-refractivity contribution in [1.29, 1.82) is 0 Å². The number of benzene rings is 2. The number of methoxy groups -OCH3 is 3. The minimum atomic E-state index is 0.500. The Balaban J connectivity index is 2.06. The van der Waals surface area contributed by atoms with E-state index in [0.717, 1.165) is 11.3 Å². The fourth-order valence-corrected chi connectivity index (χ4v) is 2.59. The van der Waals surface area contributed by atoms with E-state index in [1.54, 1.807) is 27.4 Å². The summed E-state index contributed by atoms with van der Waals surface area (Å²) in [6, 6.07) is 9.82. The molecule has 0 spiro atoms. The zero-order chi connectivity index (χ0) is 18.4. The molecule has 0 fully saturated rings. The van der Waals surface area contributed by atoms with Crippen LogP contribution in [0.15, 0.2) is 30.3 Å². The third kappa shape index (κ3) is 4.76. The first-order chi connectivity index (χ1) is 12.0. The Morgan fingerprint density at radius 3 is 2.12 bits per heavy atom. The lowest BCUT2D eigenvalue weighted by atomic mass is 10.1. The smallest absolute Gasteiger partial charge is 0.171 e. The second-order valence-electron chi connectivity index (χ2n) is 5.63. The summed E-state index contributed by atoms with van der Waals surface area (Å²) < 4.78 is 16.1. The van der Waals surface area contributed by atoms with E-state index < -0.39 is 0 Å². The minimum absolute atomic E-state index is 0.500. The number of ether oxygens (including phenoxy) is 3. The van der Waals surface area contributed by atoms with Crippen LogP contribution in [0.25, 0.3) is 0 Å². The molecule has 0 unspecified atom stereocenters. The van der Waals surface area contributed by atoms with Crippen LogP contribution in [0.5, 0.6) is 17.2 Å². The summed E-state index contributed by atoms with van der Waals surface area (Å²) >= 11 is 5.38. The highest BCUT2D eigenvalue weighted by Crippen LogP contribution is 2.34. The standard InChI is InChI=1S/C19H24N2O3S/c1-12-6-7-15(8-13(12)2)21-19(25)20-11-14-9-17(23-4)18(24-5)10-16(14)22-3/h6-10H,11H2,1-5H3,(H2,20,21,25). The lowest BCUT2D eigenvalue weighted by Crippen LogP contribution is -2.28. The molecule has 25 heavy (non-hydrogen) atoms. The molecule has 2 aromatic rings. The molecule has 5 nitrogen and oxygen atoms in total. The predicted molar refractivity (Wildman–Crippen MR) is 105 cm³/mol. The molecular weight excluding hydrogens is 336 g/mol.